The maximum absolute atomic E-state index is 5.74. The van der Waals surface area contributed by atoms with Crippen molar-refractivity contribution in [1.82, 2.24) is 5.32 Å². The number of ether oxygens (including phenoxy) is 3. The van der Waals surface area contributed by atoms with Gasteiger partial charge in [0.25, 0.3) is 0 Å². The molecule has 6 nitrogen and oxygen atoms in total. The minimum Gasteiger partial charge on any atom is -0.380 e. The Hall–Kier alpha value is -0.0231. The zero-order valence-corrected chi connectivity index (χ0v) is 13.4. The molecule has 0 aliphatic carbocycles. The van der Waals surface area contributed by atoms with Gasteiger partial charge in [-0.25, -0.2) is 0 Å². The van der Waals surface area contributed by atoms with Crippen molar-refractivity contribution in [3.05, 3.63) is 0 Å². The number of hydrogen-bond donors (Lipinski definition) is 3. The summed E-state index contributed by atoms with van der Waals surface area (Å²) < 4.78 is 16.2. The fourth-order valence-corrected chi connectivity index (χ4v) is 2.04. The van der Waals surface area contributed by atoms with E-state index in [-0.39, 0.29) is 12.1 Å². The molecule has 5 N–H and O–H groups in total. The van der Waals surface area contributed by atoms with E-state index >= 15 is 0 Å². The number of nitrogens with two attached hydrogens (primary N) is 2. The van der Waals surface area contributed by atoms with E-state index in [1.165, 1.54) is 0 Å². The summed E-state index contributed by atoms with van der Waals surface area (Å²) in [6, 6.07) is 0.0576. The molecule has 2 atom stereocenters. The number of rotatable bonds is 10. The predicted molar refractivity (Wildman–Crippen MR) is 72.0 cm³/mol. The normalized spacial score (nSPS) is 16.1. The summed E-state index contributed by atoms with van der Waals surface area (Å²) in [7, 11) is 5.72. The molecule has 0 bridgehead atoms. The first kappa shape index (κ1) is 17.0. The van der Waals surface area contributed by atoms with E-state index in [0.717, 1.165) is 16.8 Å². The molecular formula is C10H27N3O3Si. The third-order valence-corrected chi connectivity index (χ3v) is 4.22. The fourth-order valence-electron chi connectivity index (χ4n) is 1.64. The average molecular weight is 265 g/mol. The number of nitrogens with one attached hydrogen (secondary N) is 1. The molecule has 0 rings (SSSR count). The monoisotopic (exact) mass is 265 g/mol. The lowest BCUT2D eigenvalue weighted by atomic mass is 10.1. The first-order valence-electron chi connectivity index (χ1n) is 5.83. The van der Waals surface area contributed by atoms with Crippen LogP contribution in [0.2, 0.25) is 0 Å². The zero-order chi connectivity index (χ0) is 13.3. The first-order valence-corrected chi connectivity index (χ1v) is 6.83. The largest absolute Gasteiger partial charge is 0.380 e. The van der Waals surface area contributed by atoms with Gasteiger partial charge in [0.15, 0.2) is 0 Å². The summed E-state index contributed by atoms with van der Waals surface area (Å²) >= 11 is 0. The van der Waals surface area contributed by atoms with E-state index < -0.39 is 5.41 Å². The summed E-state index contributed by atoms with van der Waals surface area (Å²) in [6.45, 7) is 1.78. The van der Waals surface area contributed by atoms with Crippen LogP contribution in [0.1, 0.15) is 6.42 Å². The molecule has 0 saturated carbocycles. The Morgan fingerprint density at radius 2 is 1.82 bits per heavy atom. The topological polar surface area (TPSA) is 91.8 Å². The van der Waals surface area contributed by atoms with Crippen molar-refractivity contribution in [2.24, 2.45) is 11.5 Å². The van der Waals surface area contributed by atoms with E-state index in [0.29, 0.717) is 19.5 Å². The third-order valence-electron chi connectivity index (χ3n) is 2.99. The highest BCUT2D eigenvalue weighted by Crippen LogP contribution is 2.17. The maximum atomic E-state index is 5.74. The van der Waals surface area contributed by atoms with E-state index in [2.05, 4.69) is 5.32 Å². The minimum absolute atomic E-state index is 0.0519. The van der Waals surface area contributed by atoms with Crippen molar-refractivity contribution in [3.8, 4) is 0 Å². The van der Waals surface area contributed by atoms with Gasteiger partial charge in [0.2, 0.25) is 0 Å². The second-order valence-electron chi connectivity index (χ2n) is 4.11. The van der Waals surface area contributed by atoms with Crippen LogP contribution in [0.15, 0.2) is 0 Å². The molecule has 0 aliphatic rings. The van der Waals surface area contributed by atoms with Crippen LogP contribution >= 0.6 is 0 Å². The van der Waals surface area contributed by atoms with Crippen LogP contribution in [0.4, 0.5) is 0 Å². The first-order chi connectivity index (χ1) is 8.06. The Bertz CT molecular complexity index is 194. The zero-order valence-electron chi connectivity index (χ0n) is 11.4. The second-order valence-corrected chi connectivity index (χ2v) is 5.63. The highest BCUT2D eigenvalue weighted by atomic mass is 28.1. The highest BCUT2D eigenvalue weighted by molar-refractivity contribution is 6.13. The molecule has 0 aromatic heterocycles. The molecule has 0 radical (unpaired) electrons. The van der Waals surface area contributed by atoms with Gasteiger partial charge < -0.3 is 31.0 Å². The van der Waals surface area contributed by atoms with Crippen molar-refractivity contribution < 1.29 is 14.2 Å². The van der Waals surface area contributed by atoms with Crippen molar-refractivity contribution in [3.63, 3.8) is 0 Å². The molecule has 0 aromatic rings. The van der Waals surface area contributed by atoms with Crippen molar-refractivity contribution in [1.29, 1.82) is 0 Å². The van der Waals surface area contributed by atoms with E-state index in [1.807, 2.05) is 0 Å². The number of hydrogen-bond acceptors (Lipinski definition) is 6. The lowest BCUT2D eigenvalue weighted by Crippen LogP contribution is -2.51. The van der Waals surface area contributed by atoms with Crippen LogP contribution in [0, 0.1) is 0 Å². The molecule has 0 aliphatic heterocycles. The molecule has 0 spiro atoms. The molecule has 0 fully saturated rings. The Morgan fingerprint density at radius 1 is 1.24 bits per heavy atom. The quantitative estimate of drug-likeness (QED) is 0.301. The average Bonchev–Trinajstić information content (AvgIpc) is 2.37. The molecule has 0 aromatic carbocycles. The predicted octanol–water partition coefficient (Wildman–Crippen LogP) is -2.42. The smallest absolute Gasteiger partial charge is 0.143 e. The van der Waals surface area contributed by atoms with Crippen LogP contribution in [-0.4, -0.2) is 68.8 Å². The summed E-state index contributed by atoms with van der Waals surface area (Å²) in [4.78, 5) is 0. The van der Waals surface area contributed by atoms with Gasteiger partial charge in [-0.1, -0.05) is 0 Å². The minimum atomic E-state index is -0.529. The van der Waals surface area contributed by atoms with E-state index in [4.69, 9.17) is 25.7 Å². The number of methoxy groups -OCH3 is 3. The van der Waals surface area contributed by atoms with Crippen LogP contribution in [0.3, 0.4) is 0 Å². The second kappa shape index (κ2) is 8.98. The molecule has 0 heterocycles. The third kappa shape index (κ3) is 5.91. The van der Waals surface area contributed by atoms with Crippen molar-refractivity contribution in [2.75, 3.05) is 41.0 Å². The molecule has 0 saturated heterocycles. The van der Waals surface area contributed by atoms with E-state index in [9.17, 15) is 0 Å². The van der Waals surface area contributed by atoms with Gasteiger partial charge in [-0.15, -0.1) is 0 Å². The van der Waals surface area contributed by atoms with Gasteiger partial charge in [0.1, 0.15) is 5.41 Å². The molecule has 17 heavy (non-hydrogen) atoms. The van der Waals surface area contributed by atoms with Gasteiger partial charge in [0, 0.05) is 53.4 Å². The summed E-state index contributed by atoms with van der Waals surface area (Å²) in [5.74, 6) is 0. The Morgan fingerprint density at radius 3 is 2.18 bits per heavy atom. The van der Waals surface area contributed by atoms with Crippen molar-refractivity contribution in [2.45, 2.75) is 24.0 Å². The maximum Gasteiger partial charge on any atom is 0.143 e. The Kier molecular flexibility index (Phi) is 8.97. The van der Waals surface area contributed by atoms with Crippen LogP contribution in [-0.2, 0) is 14.2 Å². The Balaban J connectivity index is 4.46. The van der Waals surface area contributed by atoms with Gasteiger partial charge >= 0.3 is 0 Å². The molecule has 7 heteroatoms. The molecular weight excluding hydrogens is 238 g/mol. The van der Waals surface area contributed by atoms with Gasteiger partial charge in [-0.05, 0) is 0 Å². The molecule has 0 amide bonds. The van der Waals surface area contributed by atoms with Gasteiger partial charge in [-0.2, -0.15) is 0 Å². The van der Waals surface area contributed by atoms with Crippen LogP contribution < -0.4 is 16.8 Å². The molecule has 2 unspecified atom stereocenters. The standard InChI is InChI=1S/C10H27N3O3Si/c1-14-9(6-10(17,15-2)16-3)8(7-12)13-5-4-11/h8-9,13H,4-7,11-12H2,1-3,17H3. The Labute approximate surface area is 107 Å². The lowest BCUT2D eigenvalue weighted by molar-refractivity contribution is -0.165. The SMILES string of the molecule is COC(CC([SiH3])(OC)OC)C(CN)NCCN. The summed E-state index contributed by atoms with van der Waals surface area (Å²) in [5.41, 5.74) is 10.7. The fraction of sp³-hybridized carbons (Fsp3) is 1.00. The van der Waals surface area contributed by atoms with Crippen LogP contribution in [0.25, 0.3) is 0 Å². The van der Waals surface area contributed by atoms with Gasteiger partial charge in [-0.3, -0.25) is 0 Å². The highest BCUT2D eigenvalue weighted by Gasteiger charge is 2.31. The van der Waals surface area contributed by atoms with E-state index in [1.54, 1.807) is 21.3 Å². The summed E-state index contributed by atoms with van der Waals surface area (Å²) in [6.07, 6.45) is 0.603. The van der Waals surface area contributed by atoms with Crippen LogP contribution in [0.5, 0.6) is 0 Å². The van der Waals surface area contributed by atoms with Crippen molar-refractivity contribution >= 4 is 10.2 Å². The molecule has 104 valence electrons. The summed E-state index contributed by atoms with van der Waals surface area (Å²) in [5, 5.41) is 3.27. The lowest BCUT2D eigenvalue weighted by Gasteiger charge is -2.34. The van der Waals surface area contributed by atoms with Gasteiger partial charge in [0.05, 0.1) is 16.3 Å².